The standard InChI is InChI=1S/C23H23NO/c1-2-24-21-13-15-22(16-14-21)25-18-17-23(19-9-5-3-6-10-19)20-11-7-4-8-12-20/h3-17,24H,2,18H2,1H3. The fourth-order valence-corrected chi connectivity index (χ4v) is 2.73. The first kappa shape index (κ1) is 16.8. The Morgan fingerprint density at radius 3 is 1.88 bits per heavy atom. The van der Waals surface area contributed by atoms with Gasteiger partial charge in [0.1, 0.15) is 12.4 Å². The molecule has 0 unspecified atom stereocenters. The van der Waals surface area contributed by atoms with Gasteiger partial charge >= 0.3 is 0 Å². The number of hydrogen-bond donors (Lipinski definition) is 1. The minimum Gasteiger partial charge on any atom is -0.490 e. The minimum atomic E-state index is 0.527. The molecule has 3 rings (SSSR count). The molecule has 1 N–H and O–H groups in total. The molecular formula is C23H23NO. The summed E-state index contributed by atoms with van der Waals surface area (Å²) in [4.78, 5) is 0. The Morgan fingerprint density at radius 2 is 1.36 bits per heavy atom. The molecule has 0 amide bonds. The Balaban J connectivity index is 1.75. The summed E-state index contributed by atoms with van der Waals surface area (Å²) < 4.78 is 5.91. The van der Waals surface area contributed by atoms with Crippen molar-refractivity contribution in [2.75, 3.05) is 18.5 Å². The highest BCUT2D eigenvalue weighted by molar-refractivity contribution is 5.79. The van der Waals surface area contributed by atoms with Gasteiger partial charge in [0.2, 0.25) is 0 Å². The lowest BCUT2D eigenvalue weighted by Crippen LogP contribution is -1.98. The third-order valence-corrected chi connectivity index (χ3v) is 3.94. The van der Waals surface area contributed by atoms with E-state index < -0.39 is 0 Å². The van der Waals surface area contributed by atoms with E-state index in [2.05, 4.69) is 66.8 Å². The van der Waals surface area contributed by atoms with Gasteiger partial charge in [0.25, 0.3) is 0 Å². The van der Waals surface area contributed by atoms with Crippen LogP contribution in [-0.4, -0.2) is 13.2 Å². The maximum absolute atomic E-state index is 5.91. The molecule has 0 spiro atoms. The van der Waals surface area contributed by atoms with Crippen molar-refractivity contribution in [3.05, 3.63) is 102 Å². The minimum absolute atomic E-state index is 0.527. The molecule has 2 heteroatoms. The van der Waals surface area contributed by atoms with Gasteiger partial charge in [0, 0.05) is 12.2 Å². The molecular weight excluding hydrogens is 306 g/mol. The smallest absolute Gasteiger partial charge is 0.119 e. The monoisotopic (exact) mass is 329 g/mol. The van der Waals surface area contributed by atoms with Gasteiger partial charge in [-0.25, -0.2) is 0 Å². The van der Waals surface area contributed by atoms with E-state index in [0.29, 0.717) is 6.61 Å². The molecule has 0 heterocycles. The highest BCUT2D eigenvalue weighted by Gasteiger charge is 2.04. The summed E-state index contributed by atoms with van der Waals surface area (Å²) >= 11 is 0. The maximum atomic E-state index is 5.91. The van der Waals surface area contributed by atoms with Crippen LogP contribution in [0.5, 0.6) is 5.75 Å². The van der Waals surface area contributed by atoms with Gasteiger partial charge in [-0.05, 0) is 54.0 Å². The second-order valence-corrected chi connectivity index (χ2v) is 5.72. The number of hydrogen-bond acceptors (Lipinski definition) is 2. The van der Waals surface area contributed by atoms with E-state index in [9.17, 15) is 0 Å². The topological polar surface area (TPSA) is 21.3 Å². The van der Waals surface area contributed by atoms with Crippen LogP contribution in [0.15, 0.2) is 91.0 Å². The van der Waals surface area contributed by atoms with Crippen LogP contribution >= 0.6 is 0 Å². The lowest BCUT2D eigenvalue weighted by atomic mass is 9.98. The molecule has 0 aliphatic carbocycles. The summed E-state index contributed by atoms with van der Waals surface area (Å²) in [5.41, 5.74) is 4.68. The van der Waals surface area contributed by atoms with Crippen molar-refractivity contribution >= 4 is 11.3 Å². The second kappa shape index (κ2) is 8.74. The highest BCUT2D eigenvalue weighted by Crippen LogP contribution is 2.23. The van der Waals surface area contributed by atoms with E-state index >= 15 is 0 Å². The predicted molar refractivity (Wildman–Crippen MR) is 106 cm³/mol. The van der Waals surface area contributed by atoms with Crippen molar-refractivity contribution in [3.8, 4) is 5.75 Å². The van der Waals surface area contributed by atoms with Crippen LogP contribution in [0.3, 0.4) is 0 Å². The lowest BCUT2D eigenvalue weighted by Gasteiger charge is -2.10. The lowest BCUT2D eigenvalue weighted by molar-refractivity contribution is 0.363. The third kappa shape index (κ3) is 4.74. The molecule has 0 atom stereocenters. The fraction of sp³-hybridized carbons (Fsp3) is 0.130. The SMILES string of the molecule is CCNc1ccc(OCC=C(c2ccccc2)c2ccccc2)cc1. The molecule has 2 nitrogen and oxygen atoms in total. The van der Waals surface area contributed by atoms with Crippen LogP contribution in [0.2, 0.25) is 0 Å². The van der Waals surface area contributed by atoms with E-state index in [1.807, 2.05) is 36.4 Å². The van der Waals surface area contributed by atoms with Crippen LogP contribution in [0.25, 0.3) is 5.57 Å². The number of ether oxygens (including phenoxy) is 1. The van der Waals surface area contributed by atoms with Gasteiger partial charge in [-0.2, -0.15) is 0 Å². The number of rotatable bonds is 7. The van der Waals surface area contributed by atoms with Crippen molar-refractivity contribution in [3.63, 3.8) is 0 Å². The normalized spacial score (nSPS) is 10.1. The molecule has 3 aromatic carbocycles. The first-order chi connectivity index (χ1) is 12.4. The van der Waals surface area contributed by atoms with Crippen LogP contribution < -0.4 is 10.1 Å². The van der Waals surface area contributed by atoms with E-state index in [0.717, 1.165) is 18.0 Å². The van der Waals surface area contributed by atoms with Gasteiger partial charge in [-0.1, -0.05) is 60.7 Å². The van der Waals surface area contributed by atoms with E-state index in [-0.39, 0.29) is 0 Å². The molecule has 0 aliphatic rings. The summed E-state index contributed by atoms with van der Waals surface area (Å²) in [5, 5.41) is 3.28. The quantitative estimate of drug-likeness (QED) is 0.606. The number of anilines is 1. The largest absolute Gasteiger partial charge is 0.490 e. The van der Waals surface area contributed by atoms with E-state index in [4.69, 9.17) is 4.74 Å². The molecule has 126 valence electrons. The average molecular weight is 329 g/mol. The Bertz CT molecular complexity index is 751. The number of nitrogens with one attached hydrogen (secondary N) is 1. The summed E-state index contributed by atoms with van der Waals surface area (Å²) in [6.07, 6.45) is 2.14. The first-order valence-electron chi connectivity index (χ1n) is 8.64. The van der Waals surface area contributed by atoms with Gasteiger partial charge < -0.3 is 10.1 Å². The summed E-state index contributed by atoms with van der Waals surface area (Å²) in [5.74, 6) is 0.873. The van der Waals surface area contributed by atoms with Crippen molar-refractivity contribution in [1.29, 1.82) is 0 Å². The van der Waals surface area contributed by atoms with Crippen LogP contribution in [0.4, 0.5) is 5.69 Å². The maximum Gasteiger partial charge on any atom is 0.119 e. The van der Waals surface area contributed by atoms with Gasteiger partial charge in [-0.3, -0.25) is 0 Å². The molecule has 0 saturated heterocycles. The van der Waals surface area contributed by atoms with Crippen molar-refractivity contribution < 1.29 is 4.74 Å². The predicted octanol–water partition coefficient (Wildman–Crippen LogP) is 5.63. The molecule has 0 bridgehead atoms. The molecule has 0 saturated carbocycles. The van der Waals surface area contributed by atoms with Gasteiger partial charge in [0.15, 0.2) is 0 Å². The van der Waals surface area contributed by atoms with Crippen LogP contribution in [0, 0.1) is 0 Å². The van der Waals surface area contributed by atoms with Crippen LogP contribution in [0.1, 0.15) is 18.1 Å². The Labute approximate surface area is 149 Å². The Kier molecular flexibility index (Phi) is 5.89. The molecule has 25 heavy (non-hydrogen) atoms. The molecule has 3 aromatic rings. The van der Waals surface area contributed by atoms with Gasteiger partial charge in [-0.15, -0.1) is 0 Å². The Hall–Kier alpha value is -3.00. The second-order valence-electron chi connectivity index (χ2n) is 5.72. The van der Waals surface area contributed by atoms with Crippen molar-refractivity contribution in [2.45, 2.75) is 6.92 Å². The highest BCUT2D eigenvalue weighted by atomic mass is 16.5. The third-order valence-electron chi connectivity index (χ3n) is 3.94. The van der Waals surface area contributed by atoms with Crippen molar-refractivity contribution in [2.24, 2.45) is 0 Å². The van der Waals surface area contributed by atoms with E-state index in [1.54, 1.807) is 0 Å². The Morgan fingerprint density at radius 1 is 0.800 bits per heavy atom. The molecule has 0 aliphatic heterocycles. The first-order valence-corrected chi connectivity index (χ1v) is 8.64. The van der Waals surface area contributed by atoms with E-state index in [1.165, 1.54) is 16.7 Å². The summed E-state index contributed by atoms with van der Waals surface area (Å²) in [6, 6.07) is 28.9. The fourth-order valence-electron chi connectivity index (χ4n) is 2.73. The molecule has 0 aromatic heterocycles. The zero-order chi connectivity index (χ0) is 17.3. The molecule has 0 radical (unpaired) electrons. The zero-order valence-corrected chi connectivity index (χ0v) is 14.5. The average Bonchev–Trinajstić information content (AvgIpc) is 2.68. The summed E-state index contributed by atoms with van der Waals surface area (Å²) in [6.45, 7) is 3.53. The van der Waals surface area contributed by atoms with Crippen LogP contribution in [-0.2, 0) is 0 Å². The number of benzene rings is 3. The molecule has 0 fully saturated rings. The summed E-state index contributed by atoms with van der Waals surface area (Å²) in [7, 11) is 0. The van der Waals surface area contributed by atoms with Gasteiger partial charge in [0.05, 0.1) is 0 Å². The van der Waals surface area contributed by atoms with Crippen molar-refractivity contribution in [1.82, 2.24) is 0 Å². The zero-order valence-electron chi connectivity index (χ0n) is 14.5.